The van der Waals surface area contributed by atoms with Gasteiger partial charge in [0, 0.05) is 12.1 Å². The lowest BCUT2D eigenvalue weighted by Crippen LogP contribution is -2.17. The third-order valence-corrected chi connectivity index (χ3v) is 3.79. The molecular formula is C19H21N3O3. The molecule has 0 spiro atoms. The molecule has 6 heteroatoms. The minimum atomic E-state index is 0.559. The lowest BCUT2D eigenvalue weighted by atomic mass is 10.2. The van der Waals surface area contributed by atoms with E-state index in [2.05, 4.69) is 21.1 Å². The van der Waals surface area contributed by atoms with Gasteiger partial charge in [-0.25, -0.2) is 0 Å². The van der Waals surface area contributed by atoms with Gasteiger partial charge in [0.15, 0.2) is 0 Å². The Balaban J connectivity index is 1.66. The second-order valence-electron chi connectivity index (χ2n) is 5.77. The van der Waals surface area contributed by atoms with Crippen LogP contribution in [0, 0.1) is 0 Å². The van der Waals surface area contributed by atoms with Crippen LogP contribution in [0.25, 0.3) is 11.4 Å². The molecule has 0 aliphatic rings. The maximum atomic E-state index is 5.38. The van der Waals surface area contributed by atoms with Gasteiger partial charge in [-0.05, 0) is 36.9 Å². The number of hydrogen-bond donors (Lipinski definition) is 0. The predicted octanol–water partition coefficient (Wildman–Crippen LogP) is 3.39. The van der Waals surface area contributed by atoms with E-state index in [1.54, 1.807) is 14.2 Å². The van der Waals surface area contributed by atoms with Crippen molar-refractivity contribution >= 4 is 0 Å². The number of ether oxygens (including phenoxy) is 2. The average molecular weight is 339 g/mol. The van der Waals surface area contributed by atoms with Crippen molar-refractivity contribution in [3.63, 3.8) is 0 Å². The van der Waals surface area contributed by atoms with Crippen molar-refractivity contribution in [2.75, 3.05) is 21.3 Å². The van der Waals surface area contributed by atoms with Crippen LogP contribution in [0.4, 0.5) is 0 Å². The van der Waals surface area contributed by atoms with Crippen LogP contribution in [0.2, 0.25) is 0 Å². The van der Waals surface area contributed by atoms with Crippen LogP contribution < -0.4 is 9.47 Å². The first-order valence-electron chi connectivity index (χ1n) is 7.96. The smallest absolute Gasteiger partial charge is 0.241 e. The highest BCUT2D eigenvalue weighted by Crippen LogP contribution is 2.21. The zero-order chi connectivity index (χ0) is 17.6. The Bertz CT molecular complexity index is 832. The van der Waals surface area contributed by atoms with Gasteiger partial charge in [-0.1, -0.05) is 29.4 Å². The van der Waals surface area contributed by atoms with E-state index in [4.69, 9.17) is 14.0 Å². The van der Waals surface area contributed by atoms with Crippen LogP contribution in [0.5, 0.6) is 11.5 Å². The summed E-state index contributed by atoms with van der Waals surface area (Å²) >= 11 is 0. The summed E-state index contributed by atoms with van der Waals surface area (Å²) < 4.78 is 15.9. The summed E-state index contributed by atoms with van der Waals surface area (Å²) in [7, 11) is 5.31. The van der Waals surface area contributed by atoms with Crippen molar-refractivity contribution in [2.24, 2.45) is 0 Å². The molecule has 0 aliphatic heterocycles. The van der Waals surface area contributed by atoms with Crippen LogP contribution in [0.1, 0.15) is 11.5 Å². The highest BCUT2D eigenvalue weighted by atomic mass is 16.5. The first kappa shape index (κ1) is 17.0. The molecular weight excluding hydrogens is 318 g/mol. The van der Waals surface area contributed by atoms with Crippen LogP contribution in [0.15, 0.2) is 53.1 Å². The Morgan fingerprint density at radius 2 is 1.68 bits per heavy atom. The number of rotatable bonds is 7. The Kier molecular flexibility index (Phi) is 5.30. The van der Waals surface area contributed by atoms with Crippen LogP contribution in [-0.2, 0) is 13.1 Å². The van der Waals surface area contributed by atoms with Gasteiger partial charge < -0.3 is 14.0 Å². The zero-order valence-electron chi connectivity index (χ0n) is 14.6. The molecule has 0 saturated carbocycles. The molecule has 6 nitrogen and oxygen atoms in total. The van der Waals surface area contributed by atoms with Gasteiger partial charge in [-0.3, -0.25) is 4.90 Å². The topological polar surface area (TPSA) is 60.6 Å². The van der Waals surface area contributed by atoms with Gasteiger partial charge in [0.1, 0.15) is 11.5 Å². The molecule has 0 aliphatic carbocycles. The van der Waals surface area contributed by atoms with E-state index in [9.17, 15) is 0 Å². The summed E-state index contributed by atoms with van der Waals surface area (Å²) in [6, 6.07) is 15.6. The fourth-order valence-electron chi connectivity index (χ4n) is 2.57. The first-order chi connectivity index (χ1) is 12.2. The van der Waals surface area contributed by atoms with E-state index >= 15 is 0 Å². The van der Waals surface area contributed by atoms with Crippen molar-refractivity contribution < 1.29 is 14.0 Å². The zero-order valence-corrected chi connectivity index (χ0v) is 14.6. The summed E-state index contributed by atoms with van der Waals surface area (Å²) in [5, 5.41) is 4.06. The second kappa shape index (κ2) is 7.81. The van der Waals surface area contributed by atoms with Crippen LogP contribution >= 0.6 is 0 Å². The van der Waals surface area contributed by atoms with E-state index in [1.165, 1.54) is 0 Å². The quantitative estimate of drug-likeness (QED) is 0.657. The summed E-state index contributed by atoms with van der Waals surface area (Å²) in [6.45, 7) is 1.32. The summed E-state index contributed by atoms with van der Waals surface area (Å²) in [4.78, 5) is 6.58. The third kappa shape index (κ3) is 4.36. The van der Waals surface area contributed by atoms with Crippen molar-refractivity contribution in [3.05, 3.63) is 60.0 Å². The van der Waals surface area contributed by atoms with E-state index in [0.29, 0.717) is 18.3 Å². The summed E-state index contributed by atoms with van der Waals surface area (Å²) in [6.07, 6.45) is 0. The van der Waals surface area contributed by atoms with Crippen molar-refractivity contribution in [3.8, 4) is 22.9 Å². The highest BCUT2D eigenvalue weighted by molar-refractivity contribution is 5.56. The van der Waals surface area contributed by atoms with Crippen molar-refractivity contribution in [1.82, 2.24) is 15.0 Å². The summed E-state index contributed by atoms with van der Waals surface area (Å²) in [5.41, 5.74) is 2.03. The monoisotopic (exact) mass is 339 g/mol. The van der Waals surface area contributed by atoms with Crippen LogP contribution in [0.3, 0.4) is 0 Å². The third-order valence-electron chi connectivity index (χ3n) is 3.79. The molecule has 0 unspecified atom stereocenters. The molecule has 3 rings (SSSR count). The molecule has 0 fully saturated rings. The molecule has 0 amide bonds. The number of methoxy groups -OCH3 is 2. The Morgan fingerprint density at radius 1 is 0.960 bits per heavy atom. The van der Waals surface area contributed by atoms with E-state index in [0.717, 1.165) is 29.2 Å². The molecule has 3 aromatic rings. The molecule has 0 bridgehead atoms. The summed E-state index contributed by atoms with van der Waals surface area (Å²) in [5.74, 6) is 2.75. The van der Waals surface area contributed by atoms with E-state index in [-0.39, 0.29) is 0 Å². The van der Waals surface area contributed by atoms with Gasteiger partial charge in [-0.15, -0.1) is 0 Å². The Morgan fingerprint density at radius 3 is 2.44 bits per heavy atom. The fourth-order valence-corrected chi connectivity index (χ4v) is 2.57. The SMILES string of the molecule is COc1cccc(CN(C)Cc2nc(-c3cccc(OC)c3)no2)c1. The maximum absolute atomic E-state index is 5.38. The molecule has 0 radical (unpaired) electrons. The number of nitrogens with zero attached hydrogens (tertiary/aromatic N) is 3. The normalized spacial score (nSPS) is 10.9. The number of hydrogen-bond acceptors (Lipinski definition) is 6. The standard InChI is InChI=1S/C19H21N3O3/c1-22(12-14-6-4-8-16(10-14)23-2)13-18-20-19(21-25-18)15-7-5-9-17(11-15)24-3/h4-11H,12-13H2,1-3H3. The minimum absolute atomic E-state index is 0.559. The van der Waals surface area contributed by atoms with E-state index in [1.807, 2.05) is 49.5 Å². The molecule has 1 aromatic heterocycles. The van der Waals surface area contributed by atoms with E-state index < -0.39 is 0 Å². The molecule has 25 heavy (non-hydrogen) atoms. The van der Waals surface area contributed by atoms with Gasteiger partial charge >= 0.3 is 0 Å². The molecule has 0 saturated heterocycles. The fraction of sp³-hybridized carbons (Fsp3) is 0.263. The molecule has 2 aromatic carbocycles. The maximum Gasteiger partial charge on any atom is 0.241 e. The Labute approximate surface area is 147 Å². The highest BCUT2D eigenvalue weighted by Gasteiger charge is 2.12. The lowest BCUT2D eigenvalue weighted by molar-refractivity contribution is 0.260. The molecule has 130 valence electrons. The lowest BCUT2D eigenvalue weighted by Gasteiger charge is -2.14. The van der Waals surface area contributed by atoms with Crippen molar-refractivity contribution in [2.45, 2.75) is 13.1 Å². The minimum Gasteiger partial charge on any atom is -0.497 e. The number of aromatic nitrogens is 2. The molecule has 0 N–H and O–H groups in total. The van der Waals surface area contributed by atoms with Crippen molar-refractivity contribution in [1.29, 1.82) is 0 Å². The molecule has 0 atom stereocenters. The van der Waals surface area contributed by atoms with Gasteiger partial charge in [0.2, 0.25) is 11.7 Å². The molecule has 1 heterocycles. The largest absolute Gasteiger partial charge is 0.497 e. The predicted molar refractivity (Wildman–Crippen MR) is 94.5 cm³/mol. The Hall–Kier alpha value is -2.86. The average Bonchev–Trinajstić information content (AvgIpc) is 3.10. The van der Waals surface area contributed by atoms with Gasteiger partial charge in [-0.2, -0.15) is 4.98 Å². The first-order valence-corrected chi connectivity index (χ1v) is 7.96. The van der Waals surface area contributed by atoms with Gasteiger partial charge in [0.05, 0.1) is 20.8 Å². The number of benzene rings is 2. The second-order valence-corrected chi connectivity index (χ2v) is 5.77. The van der Waals surface area contributed by atoms with Gasteiger partial charge in [0.25, 0.3) is 0 Å². The van der Waals surface area contributed by atoms with Crippen LogP contribution in [-0.4, -0.2) is 36.3 Å².